The van der Waals surface area contributed by atoms with Gasteiger partial charge >= 0.3 is 0 Å². The molecule has 1 aromatic carbocycles. The Balaban J connectivity index is 2.51. The smallest absolute Gasteiger partial charge is 0.126 e. The lowest BCUT2D eigenvalue weighted by molar-refractivity contribution is 0.199. The monoisotopic (exact) mass is 402 g/mol. The Labute approximate surface area is 135 Å². The van der Waals surface area contributed by atoms with Crippen molar-refractivity contribution in [3.8, 4) is 5.75 Å². The van der Waals surface area contributed by atoms with Crippen molar-refractivity contribution < 1.29 is 9.84 Å². The standard InChI is InChI=1S/C14H16Br2N2O2/c1-8(2)18-13(11(16)7-17-18)14(19)10-5-4-9(15)6-12(10)20-3/h4-8,14,19H,1-3H3. The van der Waals surface area contributed by atoms with Crippen LogP contribution in [0.4, 0.5) is 0 Å². The molecule has 0 fully saturated rings. The molecule has 0 spiro atoms. The molecule has 1 unspecified atom stereocenters. The van der Waals surface area contributed by atoms with E-state index in [1.165, 1.54) is 0 Å². The maximum absolute atomic E-state index is 10.7. The number of aromatic nitrogens is 2. The van der Waals surface area contributed by atoms with Crippen LogP contribution in [0.15, 0.2) is 33.3 Å². The fourth-order valence-electron chi connectivity index (χ4n) is 2.08. The molecule has 1 N–H and O–H groups in total. The van der Waals surface area contributed by atoms with Crippen LogP contribution in [0.2, 0.25) is 0 Å². The first-order valence-corrected chi connectivity index (χ1v) is 7.78. The van der Waals surface area contributed by atoms with E-state index in [0.717, 1.165) is 14.6 Å². The Bertz CT molecular complexity index is 611. The molecule has 0 saturated heterocycles. The van der Waals surface area contributed by atoms with Crippen LogP contribution < -0.4 is 4.74 Å². The number of hydrogen-bond donors (Lipinski definition) is 1. The van der Waals surface area contributed by atoms with Crippen molar-refractivity contribution in [3.05, 3.63) is 44.6 Å². The van der Waals surface area contributed by atoms with Gasteiger partial charge in [-0.05, 0) is 41.9 Å². The predicted molar refractivity (Wildman–Crippen MR) is 85.1 cm³/mol. The first kappa shape index (κ1) is 15.5. The van der Waals surface area contributed by atoms with Crippen LogP contribution in [-0.4, -0.2) is 22.0 Å². The van der Waals surface area contributed by atoms with Gasteiger partial charge in [0, 0.05) is 16.1 Å². The zero-order valence-electron chi connectivity index (χ0n) is 11.5. The number of ether oxygens (including phenoxy) is 1. The number of halogens is 2. The van der Waals surface area contributed by atoms with Crippen LogP contribution in [0.3, 0.4) is 0 Å². The summed E-state index contributed by atoms with van der Waals surface area (Å²) in [6.45, 7) is 4.04. The van der Waals surface area contributed by atoms with Gasteiger partial charge in [-0.15, -0.1) is 0 Å². The van der Waals surface area contributed by atoms with Gasteiger partial charge in [-0.2, -0.15) is 5.10 Å². The number of benzene rings is 1. The van der Waals surface area contributed by atoms with Gasteiger partial charge in [0.15, 0.2) is 0 Å². The fraction of sp³-hybridized carbons (Fsp3) is 0.357. The summed E-state index contributed by atoms with van der Waals surface area (Å²) >= 11 is 6.85. The summed E-state index contributed by atoms with van der Waals surface area (Å²) in [4.78, 5) is 0. The molecule has 1 heterocycles. The maximum Gasteiger partial charge on any atom is 0.126 e. The van der Waals surface area contributed by atoms with Gasteiger partial charge < -0.3 is 9.84 Å². The van der Waals surface area contributed by atoms with Gasteiger partial charge in [0.2, 0.25) is 0 Å². The van der Waals surface area contributed by atoms with E-state index < -0.39 is 6.10 Å². The van der Waals surface area contributed by atoms with Crippen LogP contribution in [0.25, 0.3) is 0 Å². The molecule has 4 nitrogen and oxygen atoms in total. The van der Waals surface area contributed by atoms with Gasteiger partial charge in [0.25, 0.3) is 0 Å². The van der Waals surface area contributed by atoms with Gasteiger partial charge in [0.1, 0.15) is 11.9 Å². The quantitative estimate of drug-likeness (QED) is 0.836. The molecule has 6 heteroatoms. The lowest BCUT2D eigenvalue weighted by atomic mass is 10.1. The molecule has 2 rings (SSSR count). The van der Waals surface area contributed by atoms with E-state index in [0.29, 0.717) is 11.3 Å². The lowest BCUT2D eigenvalue weighted by Gasteiger charge is -2.19. The number of aliphatic hydroxyl groups is 1. The second kappa shape index (κ2) is 6.28. The van der Waals surface area contributed by atoms with Crippen molar-refractivity contribution in [2.45, 2.75) is 26.0 Å². The molecule has 0 amide bonds. The van der Waals surface area contributed by atoms with Crippen molar-refractivity contribution in [1.82, 2.24) is 9.78 Å². The summed E-state index contributed by atoms with van der Waals surface area (Å²) in [5.74, 6) is 0.635. The van der Waals surface area contributed by atoms with E-state index in [2.05, 4.69) is 37.0 Å². The molecule has 1 atom stereocenters. The van der Waals surface area contributed by atoms with Crippen LogP contribution in [0.1, 0.15) is 37.3 Å². The molecule has 108 valence electrons. The van der Waals surface area contributed by atoms with Gasteiger partial charge in [-0.3, -0.25) is 4.68 Å². The van der Waals surface area contributed by atoms with Crippen LogP contribution in [0.5, 0.6) is 5.75 Å². The Kier molecular flexibility index (Phi) is 4.88. The van der Waals surface area contributed by atoms with Crippen LogP contribution in [-0.2, 0) is 0 Å². The number of aliphatic hydroxyl groups excluding tert-OH is 1. The van der Waals surface area contributed by atoms with Gasteiger partial charge in [-0.1, -0.05) is 22.0 Å². The molecule has 0 radical (unpaired) electrons. The third kappa shape index (κ3) is 2.92. The van der Waals surface area contributed by atoms with Gasteiger partial charge in [0.05, 0.1) is 23.5 Å². The zero-order valence-corrected chi connectivity index (χ0v) is 14.6. The minimum atomic E-state index is -0.808. The van der Waals surface area contributed by atoms with Crippen molar-refractivity contribution >= 4 is 31.9 Å². The minimum absolute atomic E-state index is 0.160. The van der Waals surface area contributed by atoms with E-state index >= 15 is 0 Å². The largest absolute Gasteiger partial charge is 0.496 e. The number of methoxy groups -OCH3 is 1. The van der Waals surface area contributed by atoms with Crippen LogP contribution >= 0.6 is 31.9 Å². The van der Waals surface area contributed by atoms with Crippen molar-refractivity contribution in [1.29, 1.82) is 0 Å². The predicted octanol–water partition coefficient (Wildman–Crippen LogP) is 4.08. The molecule has 0 bridgehead atoms. The average Bonchev–Trinajstić information content (AvgIpc) is 2.79. The van der Waals surface area contributed by atoms with E-state index in [-0.39, 0.29) is 6.04 Å². The number of hydrogen-bond acceptors (Lipinski definition) is 3. The summed E-state index contributed by atoms with van der Waals surface area (Å²) in [7, 11) is 1.59. The summed E-state index contributed by atoms with van der Waals surface area (Å²) in [5.41, 5.74) is 1.43. The number of nitrogens with zero attached hydrogens (tertiary/aromatic N) is 2. The highest BCUT2D eigenvalue weighted by atomic mass is 79.9. The molecular weight excluding hydrogens is 388 g/mol. The molecule has 1 aromatic heterocycles. The molecule has 0 saturated carbocycles. The molecular formula is C14H16Br2N2O2. The Morgan fingerprint density at radius 3 is 2.60 bits per heavy atom. The van der Waals surface area contributed by atoms with E-state index in [1.54, 1.807) is 18.0 Å². The fourth-order valence-corrected chi connectivity index (χ4v) is 2.91. The van der Waals surface area contributed by atoms with E-state index in [4.69, 9.17) is 4.74 Å². The van der Waals surface area contributed by atoms with Crippen molar-refractivity contribution in [2.75, 3.05) is 7.11 Å². The number of rotatable bonds is 4. The molecule has 0 aliphatic rings. The highest BCUT2D eigenvalue weighted by molar-refractivity contribution is 9.10. The minimum Gasteiger partial charge on any atom is -0.496 e. The third-order valence-electron chi connectivity index (χ3n) is 3.03. The highest BCUT2D eigenvalue weighted by Gasteiger charge is 2.23. The second-order valence-corrected chi connectivity index (χ2v) is 6.47. The normalized spacial score (nSPS) is 12.8. The molecule has 2 aromatic rings. The van der Waals surface area contributed by atoms with Crippen molar-refractivity contribution in [3.63, 3.8) is 0 Å². The second-order valence-electron chi connectivity index (χ2n) is 4.70. The molecule has 0 aliphatic carbocycles. The Morgan fingerprint density at radius 1 is 1.30 bits per heavy atom. The van der Waals surface area contributed by atoms with Crippen LogP contribution in [0, 0.1) is 0 Å². The summed E-state index contributed by atoms with van der Waals surface area (Å²) in [6, 6.07) is 5.72. The first-order valence-electron chi connectivity index (χ1n) is 6.20. The Hall–Kier alpha value is -0.850. The molecule has 0 aliphatic heterocycles. The summed E-state index contributed by atoms with van der Waals surface area (Å²) in [5, 5.41) is 15.0. The summed E-state index contributed by atoms with van der Waals surface area (Å²) < 4.78 is 8.84. The van der Waals surface area contributed by atoms with E-state index in [1.807, 2.05) is 32.0 Å². The average molecular weight is 404 g/mol. The topological polar surface area (TPSA) is 47.3 Å². The highest BCUT2D eigenvalue weighted by Crippen LogP contribution is 2.36. The van der Waals surface area contributed by atoms with Crippen molar-refractivity contribution in [2.24, 2.45) is 0 Å². The third-order valence-corrected chi connectivity index (χ3v) is 4.13. The molecule has 20 heavy (non-hydrogen) atoms. The first-order chi connectivity index (χ1) is 9.45. The maximum atomic E-state index is 10.7. The Morgan fingerprint density at radius 2 is 2.00 bits per heavy atom. The lowest BCUT2D eigenvalue weighted by Crippen LogP contribution is -2.13. The van der Waals surface area contributed by atoms with E-state index in [9.17, 15) is 5.11 Å². The summed E-state index contributed by atoms with van der Waals surface area (Å²) in [6.07, 6.45) is 0.890. The SMILES string of the molecule is COc1cc(Br)ccc1C(O)c1c(Br)cnn1C(C)C. The van der Waals surface area contributed by atoms with Gasteiger partial charge in [-0.25, -0.2) is 0 Å². The zero-order chi connectivity index (χ0) is 14.9.